The molecule has 3 rings (SSSR count). The first kappa shape index (κ1) is 27.8. The van der Waals surface area contributed by atoms with Crippen molar-refractivity contribution in [2.75, 3.05) is 31.1 Å². The maximum absolute atomic E-state index is 13.2. The predicted molar refractivity (Wildman–Crippen MR) is 129 cm³/mol. The van der Waals surface area contributed by atoms with Crippen molar-refractivity contribution in [1.29, 1.82) is 0 Å². The van der Waals surface area contributed by atoms with Crippen LogP contribution in [0.25, 0.3) is 0 Å². The fourth-order valence-electron chi connectivity index (χ4n) is 4.08. The second kappa shape index (κ2) is 11.5. The standard InChI is InChI=1S/C25H31F3N2O5S/c1-4-29(5-2)21-12-11-19(16-30(18(3)31)17-22-9-7-13-34-22)24(15-21)35-36(32,33)23-10-6-8-20(14-23)25(26,27)28/h6,8,10-12,14-15,22H,4-5,7,9,13,16-17H2,1-3H3. The normalized spacial score (nSPS) is 16.1. The van der Waals surface area contributed by atoms with Crippen molar-refractivity contribution >= 4 is 21.7 Å². The summed E-state index contributed by atoms with van der Waals surface area (Å²) in [5, 5.41) is 0. The third kappa shape index (κ3) is 6.91. The SMILES string of the molecule is CCN(CC)c1ccc(CN(CC2CCCO2)C(C)=O)c(OS(=O)(=O)c2cccc(C(F)(F)F)c2)c1. The molecule has 36 heavy (non-hydrogen) atoms. The predicted octanol–water partition coefficient (Wildman–Crippen LogP) is 4.85. The number of amides is 1. The highest BCUT2D eigenvalue weighted by Crippen LogP contribution is 2.33. The topological polar surface area (TPSA) is 76.2 Å². The van der Waals surface area contributed by atoms with Crippen LogP contribution in [0.5, 0.6) is 5.75 Å². The fraction of sp³-hybridized carbons (Fsp3) is 0.480. The number of carbonyl (C=O) groups excluding carboxylic acids is 1. The Labute approximate surface area is 209 Å². The number of anilines is 1. The molecule has 1 aliphatic heterocycles. The molecule has 1 unspecified atom stereocenters. The zero-order chi connectivity index (χ0) is 26.5. The monoisotopic (exact) mass is 528 g/mol. The highest BCUT2D eigenvalue weighted by molar-refractivity contribution is 7.87. The molecule has 2 aromatic rings. The average molecular weight is 529 g/mol. The highest BCUT2D eigenvalue weighted by atomic mass is 32.2. The second-order valence-electron chi connectivity index (χ2n) is 8.56. The summed E-state index contributed by atoms with van der Waals surface area (Å²) in [6.07, 6.45) is -3.10. The molecule has 0 saturated carbocycles. The van der Waals surface area contributed by atoms with Crippen LogP contribution in [0.3, 0.4) is 0 Å². The lowest BCUT2D eigenvalue weighted by Crippen LogP contribution is -2.35. The Morgan fingerprint density at radius 2 is 1.86 bits per heavy atom. The van der Waals surface area contributed by atoms with E-state index in [0.717, 1.165) is 31.0 Å². The van der Waals surface area contributed by atoms with Crippen LogP contribution in [0.15, 0.2) is 47.4 Å². The van der Waals surface area contributed by atoms with Crippen LogP contribution in [0.2, 0.25) is 0 Å². The van der Waals surface area contributed by atoms with Crippen molar-refractivity contribution in [3.63, 3.8) is 0 Å². The summed E-state index contributed by atoms with van der Waals surface area (Å²) in [5.41, 5.74) is 0.00440. The van der Waals surface area contributed by atoms with Crippen LogP contribution in [-0.2, 0) is 32.4 Å². The third-order valence-corrected chi connectivity index (χ3v) is 7.31. The molecule has 1 amide bonds. The molecule has 7 nitrogen and oxygen atoms in total. The first-order chi connectivity index (χ1) is 16.9. The Morgan fingerprint density at radius 3 is 2.44 bits per heavy atom. The first-order valence-corrected chi connectivity index (χ1v) is 13.2. The summed E-state index contributed by atoms with van der Waals surface area (Å²) in [6.45, 7) is 7.61. The maximum atomic E-state index is 13.2. The molecule has 11 heteroatoms. The molecule has 1 heterocycles. The van der Waals surface area contributed by atoms with Gasteiger partial charge < -0.3 is 18.7 Å². The second-order valence-corrected chi connectivity index (χ2v) is 10.1. The molecule has 2 aromatic carbocycles. The van der Waals surface area contributed by atoms with Gasteiger partial charge in [0, 0.05) is 57.0 Å². The van der Waals surface area contributed by atoms with E-state index < -0.39 is 26.8 Å². The van der Waals surface area contributed by atoms with E-state index in [9.17, 15) is 26.4 Å². The van der Waals surface area contributed by atoms with Crippen LogP contribution >= 0.6 is 0 Å². The summed E-state index contributed by atoms with van der Waals surface area (Å²) < 4.78 is 76.7. The van der Waals surface area contributed by atoms with Crippen molar-refractivity contribution in [3.05, 3.63) is 53.6 Å². The minimum Gasteiger partial charge on any atom is -0.379 e. The first-order valence-electron chi connectivity index (χ1n) is 11.8. The Morgan fingerprint density at radius 1 is 1.14 bits per heavy atom. The van der Waals surface area contributed by atoms with Gasteiger partial charge >= 0.3 is 16.3 Å². The fourth-order valence-corrected chi connectivity index (χ4v) is 5.08. The minimum absolute atomic E-state index is 0.0459. The molecule has 0 N–H and O–H groups in total. The van der Waals surface area contributed by atoms with E-state index in [1.54, 1.807) is 17.0 Å². The van der Waals surface area contributed by atoms with Gasteiger partial charge in [-0.1, -0.05) is 12.1 Å². The van der Waals surface area contributed by atoms with E-state index in [1.165, 1.54) is 13.0 Å². The van der Waals surface area contributed by atoms with Crippen molar-refractivity contribution in [3.8, 4) is 5.75 Å². The van der Waals surface area contributed by atoms with Gasteiger partial charge in [0.25, 0.3) is 0 Å². The van der Waals surface area contributed by atoms with E-state index in [-0.39, 0.29) is 24.3 Å². The molecule has 0 bridgehead atoms. The van der Waals surface area contributed by atoms with Gasteiger partial charge in [-0.2, -0.15) is 21.6 Å². The van der Waals surface area contributed by atoms with E-state index >= 15 is 0 Å². The van der Waals surface area contributed by atoms with E-state index in [0.29, 0.717) is 43.6 Å². The van der Waals surface area contributed by atoms with E-state index in [1.807, 2.05) is 18.7 Å². The summed E-state index contributed by atoms with van der Waals surface area (Å²) in [7, 11) is -4.60. The number of benzene rings is 2. The summed E-state index contributed by atoms with van der Waals surface area (Å²) in [6, 6.07) is 8.43. The summed E-state index contributed by atoms with van der Waals surface area (Å²) in [5.74, 6) is -0.264. The summed E-state index contributed by atoms with van der Waals surface area (Å²) in [4.78, 5) is 15.3. The zero-order valence-corrected chi connectivity index (χ0v) is 21.4. The van der Waals surface area contributed by atoms with Gasteiger partial charge in [0.2, 0.25) is 5.91 Å². The number of rotatable bonds is 10. The molecule has 0 aliphatic carbocycles. The van der Waals surface area contributed by atoms with Crippen molar-refractivity contribution in [1.82, 2.24) is 4.90 Å². The lowest BCUT2D eigenvalue weighted by molar-refractivity contribution is -0.137. The number of alkyl halides is 3. The lowest BCUT2D eigenvalue weighted by atomic mass is 10.1. The molecule has 0 aromatic heterocycles. The van der Waals surface area contributed by atoms with Gasteiger partial charge in [-0.15, -0.1) is 0 Å². The quantitative estimate of drug-likeness (QED) is 0.411. The molecule has 0 radical (unpaired) electrons. The van der Waals surface area contributed by atoms with Gasteiger partial charge in [0.05, 0.1) is 11.7 Å². The molecule has 1 atom stereocenters. The Bertz CT molecular complexity index is 1160. The maximum Gasteiger partial charge on any atom is 0.416 e. The molecule has 1 aliphatic rings. The van der Waals surface area contributed by atoms with Crippen LogP contribution in [0, 0.1) is 0 Å². The number of halogens is 3. The van der Waals surface area contributed by atoms with Gasteiger partial charge in [0.15, 0.2) is 0 Å². The van der Waals surface area contributed by atoms with Gasteiger partial charge in [-0.25, -0.2) is 0 Å². The minimum atomic E-state index is -4.70. The number of nitrogens with zero attached hydrogens (tertiary/aromatic N) is 2. The van der Waals surface area contributed by atoms with Gasteiger partial charge in [0.1, 0.15) is 10.6 Å². The van der Waals surface area contributed by atoms with Crippen molar-refractivity contribution in [2.24, 2.45) is 0 Å². The van der Waals surface area contributed by atoms with Crippen LogP contribution < -0.4 is 9.08 Å². The third-order valence-electron chi connectivity index (χ3n) is 6.08. The van der Waals surface area contributed by atoms with Crippen LogP contribution in [-0.4, -0.2) is 51.6 Å². The number of hydrogen-bond acceptors (Lipinski definition) is 6. The Kier molecular flexibility index (Phi) is 8.89. The van der Waals surface area contributed by atoms with Crippen LogP contribution in [0.1, 0.15) is 44.7 Å². The largest absolute Gasteiger partial charge is 0.416 e. The average Bonchev–Trinajstić information content (AvgIpc) is 3.33. The van der Waals surface area contributed by atoms with E-state index in [4.69, 9.17) is 8.92 Å². The number of carbonyl (C=O) groups is 1. The molecular formula is C25H31F3N2O5S. The van der Waals surface area contributed by atoms with Crippen molar-refractivity contribution < 1.29 is 35.3 Å². The Hall–Kier alpha value is -2.79. The lowest BCUT2D eigenvalue weighted by Gasteiger charge is -2.26. The van der Waals surface area contributed by atoms with Crippen molar-refractivity contribution in [2.45, 2.75) is 57.3 Å². The van der Waals surface area contributed by atoms with E-state index in [2.05, 4.69) is 0 Å². The molecular weight excluding hydrogens is 497 g/mol. The number of ether oxygens (including phenoxy) is 1. The number of hydrogen-bond donors (Lipinski definition) is 0. The molecule has 198 valence electrons. The highest BCUT2D eigenvalue weighted by Gasteiger charge is 2.32. The molecule has 0 spiro atoms. The van der Waals surface area contributed by atoms with Gasteiger partial charge in [-0.05, 0) is 51.0 Å². The van der Waals surface area contributed by atoms with Gasteiger partial charge in [-0.3, -0.25) is 4.79 Å². The molecule has 1 fully saturated rings. The summed E-state index contributed by atoms with van der Waals surface area (Å²) >= 11 is 0. The van der Waals surface area contributed by atoms with Crippen LogP contribution in [0.4, 0.5) is 18.9 Å². The molecule has 1 saturated heterocycles. The Balaban J connectivity index is 1.98. The zero-order valence-electron chi connectivity index (χ0n) is 20.5. The smallest absolute Gasteiger partial charge is 0.379 e.